The molecule has 1 fully saturated rings. The Morgan fingerprint density at radius 3 is 2.66 bits per heavy atom. The average Bonchev–Trinajstić information content (AvgIpc) is 3.21. The molecule has 1 saturated heterocycles. The van der Waals surface area contributed by atoms with E-state index in [-0.39, 0.29) is 23.5 Å². The smallest absolute Gasteiger partial charge is 0.276 e. The molecule has 2 aliphatic rings. The number of hydrogen-bond donors (Lipinski definition) is 2. The van der Waals surface area contributed by atoms with Gasteiger partial charge in [-0.25, -0.2) is 0 Å². The minimum Gasteiger partial charge on any atom is -0.491 e. The van der Waals surface area contributed by atoms with Crippen LogP contribution in [0, 0.1) is 0 Å². The van der Waals surface area contributed by atoms with Crippen LogP contribution >= 0.6 is 0 Å². The molecular formula is C23H27N7O2. The van der Waals surface area contributed by atoms with Gasteiger partial charge < -0.3 is 25.6 Å². The number of hydrogen-bond acceptors (Lipinski definition) is 7. The van der Waals surface area contributed by atoms with Gasteiger partial charge in [0, 0.05) is 43.9 Å². The van der Waals surface area contributed by atoms with Crippen LogP contribution in [0.15, 0.2) is 48.5 Å². The van der Waals surface area contributed by atoms with Gasteiger partial charge in [0.25, 0.3) is 5.91 Å². The number of carbonyl (C=O) groups is 1. The van der Waals surface area contributed by atoms with Crippen LogP contribution in [0.1, 0.15) is 16.1 Å². The summed E-state index contributed by atoms with van der Waals surface area (Å²) in [5, 5.41) is 11.1. The number of nitrogen functional groups attached to an aromatic ring is 1. The molecule has 3 aromatic rings. The molecule has 0 radical (unpaired) electrons. The lowest BCUT2D eigenvalue weighted by Gasteiger charge is -2.37. The summed E-state index contributed by atoms with van der Waals surface area (Å²) in [6, 6.07) is 15.4. The van der Waals surface area contributed by atoms with Crippen LogP contribution in [0.3, 0.4) is 0 Å². The standard InChI is InChI=1S/C23H27N7O2/c1-28-10-12-29(13-11-28)19-8-5-9-20-18(19)14-16(15-32-20)25-23(31)21-22(24)30(27-26-21)17-6-3-2-4-7-17/h2-9,16H,10-15,24H2,1H3,(H,25,31)/t16-/m0/s1. The number of likely N-dealkylation sites (N-methyl/N-ethyl adjacent to an activating group) is 1. The number of anilines is 2. The number of nitrogens with two attached hydrogens (primary N) is 1. The second-order valence-corrected chi connectivity index (χ2v) is 8.30. The van der Waals surface area contributed by atoms with Gasteiger partial charge in [0.1, 0.15) is 12.4 Å². The quantitative estimate of drug-likeness (QED) is 0.640. The number of benzene rings is 2. The van der Waals surface area contributed by atoms with Gasteiger partial charge in [-0.2, -0.15) is 4.68 Å². The average molecular weight is 434 g/mol. The van der Waals surface area contributed by atoms with Gasteiger partial charge in [-0.15, -0.1) is 5.10 Å². The number of para-hydroxylation sites is 1. The van der Waals surface area contributed by atoms with E-state index in [4.69, 9.17) is 10.5 Å². The number of fused-ring (bicyclic) bond motifs is 1. The number of carbonyl (C=O) groups excluding carboxylic acids is 1. The van der Waals surface area contributed by atoms with Gasteiger partial charge in [-0.3, -0.25) is 4.79 Å². The number of ether oxygens (including phenoxy) is 1. The molecule has 3 heterocycles. The second kappa shape index (κ2) is 8.51. The molecule has 1 atom stereocenters. The number of nitrogens with one attached hydrogen (secondary N) is 1. The maximum Gasteiger partial charge on any atom is 0.276 e. The van der Waals surface area contributed by atoms with Crippen LogP contribution in [0.25, 0.3) is 5.69 Å². The van der Waals surface area contributed by atoms with Crippen molar-refractivity contribution < 1.29 is 9.53 Å². The van der Waals surface area contributed by atoms with Crippen molar-refractivity contribution in [2.75, 3.05) is 50.5 Å². The van der Waals surface area contributed by atoms with Crippen molar-refractivity contribution in [2.45, 2.75) is 12.5 Å². The molecule has 166 valence electrons. The molecule has 5 rings (SSSR count). The predicted molar refractivity (Wildman–Crippen MR) is 122 cm³/mol. The number of aromatic nitrogens is 3. The summed E-state index contributed by atoms with van der Waals surface area (Å²) in [6.45, 7) is 4.41. The van der Waals surface area contributed by atoms with Crippen LogP contribution in [0.5, 0.6) is 5.75 Å². The molecular weight excluding hydrogens is 406 g/mol. The zero-order chi connectivity index (χ0) is 22.1. The van der Waals surface area contributed by atoms with Gasteiger partial charge in [0.15, 0.2) is 11.5 Å². The third-order valence-electron chi connectivity index (χ3n) is 6.10. The number of amides is 1. The Kier molecular flexibility index (Phi) is 5.40. The van der Waals surface area contributed by atoms with Crippen LogP contribution in [0.2, 0.25) is 0 Å². The molecule has 0 spiro atoms. The molecule has 0 saturated carbocycles. The second-order valence-electron chi connectivity index (χ2n) is 8.30. The van der Waals surface area contributed by atoms with Crippen LogP contribution < -0.4 is 20.7 Å². The van der Waals surface area contributed by atoms with E-state index in [0.29, 0.717) is 13.0 Å². The third kappa shape index (κ3) is 3.87. The highest BCUT2D eigenvalue weighted by Crippen LogP contribution is 2.34. The molecule has 3 N–H and O–H groups in total. The molecule has 0 aliphatic carbocycles. The first-order valence-corrected chi connectivity index (χ1v) is 10.9. The van der Waals surface area contributed by atoms with Crippen molar-refractivity contribution >= 4 is 17.4 Å². The monoisotopic (exact) mass is 433 g/mol. The first kappa shape index (κ1) is 20.3. The molecule has 9 heteroatoms. The topological polar surface area (TPSA) is 102 Å². The van der Waals surface area contributed by atoms with Gasteiger partial charge in [0.2, 0.25) is 0 Å². The Bertz CT molecular complexity index is 1110. The molecule has 1 aromatic heterocycles. The van der Waals surface area contributed by atoms with E-state index in [1.165, 1.54) is 10.4 Å². The molecule has 2 aliphatic heterocycles. The van der Waals surface area contributed by atoms with E-state index in [0.717, 1.165) is 43.2 Å². The van der Waals surface area contributed by atoms with Crippen molar-refractivity contribution in [2.24, 2.45) is 0 Å². The Morgan fingerprint density at radius 2 is 1.88 bits per heavy atom. The zero-order valence-electron chi connectivity index (χ0n) is 18.1. The fourth-order valence-corrected chi connectivity index (χ4v) is 4.29. The van der Waals surface area contributed by atoms with Gasteiger partial charge in [0.05, 0.1) is 11.7 Å². The normalized spacial score (nSPS) is 18.7. The first-order chi connectivity index (χ1) is 15.6. The van der Waals surface area contributed by atoms with Gasteiger partial charge in [-0.1, -0.05) is 29.5 Å². The summed E-state index contributed by atoms with van der Waals surface area (Å²) in [5.74, 6) is 0.754. The van der Waals surface area contributed by atoms with Crippen molar-refractivity contribution in [3.8, 4) is 11.4 Å². The predicted octanol–water partition coefficient (Wildman–Crippen LogP) is 1.33. The molecule has 0 unspecified atom stereocenters. The summed E-state index contributed by atoms with van der Waals surface area (Å²) in [7, 11) is 2.14. The maximum atomic E-state index is 12.9. The van der Waals surface area contributed by atoms with E-state index in [9.17, 15) is 4.79 Å². The van der Waals surface area contributed by atoms with Crippen molar-refractivity contribution in [3.05, 3.63) is 59.8 Å². The van der Waals surface area contributed by atoms with Crippen LogP contribution in [-0.2, 0) is 6.42 Å². The highest BCUT2D eigenvalue weighted by molar-refractivity contribution is 5.96. The van der Waals surface area contributed by atoms with E-state index < -0.39 is 0 Å². The van der Waals surface area contributed by atoms with E-state index in [2.05, 4.69) is 38.5 Å². The molecule has 0 bridgehead atoms. The Labute approximate surface area is 186 Å². The van der Waals surface area contributed by atoms with E-state index in [1.54, 1.807) is 0 Å². The van der Waals surface area contributed by atoms with Gasteiger partial charge >= 0.3 is 0 Å². The van der Waals surface area contributed by atoms with E-state index in [1.807, 2.05) is 42.5 Å². The summed E-state index contributed by atoms with van der Waals surface area (Å²) in [5.41, 5.74) is 9.37. The lowest BCUT2D eigenvalue weighted by atomic mass is 9.99. The third-order valence-corrected chi connectivity index (χ3v) is 6.10. The fraction of sp³-hybridized carbons (Fsp3) is 0.348. The minimum absolute atomic E-state index is 0.118. The van der Waals surface area contributed by atoms with Crippen molar-refractivity contribution in [1.29, 1.82) is 0 Å². The SMILES string of the molecule is CN1CCN(c2cccc3c2C[C@H](NC(=O)c2nnn(-c4ccccc4)c2N)CO3)CC1. The summed E-state index contributed by atoms with van der Waals surface area (Å²) < 4.78 is 7.47. The highest BCUT2D eigenvalue weighted by Gasteiger charge is 2.28. The van der Waals surface area contributed by atoms with Crippen molar-refractivity contribution in [1.82, 2.24) is 25.2 Å². The highest BCUT2D eigenvalue weighted by atomic mass is 16.5. The summed E-state index contributed by atoms with van der Waals surface area (Å²) in [4.78, 5) is 17.7. The Hall–Kier alpha value is -3.59. The molecule has 2 aromatic carbocycles. The Morgan fingerprint density at radius 1 is 1.09 bits per heavy atom. The zero-order valence-corrected chi connectivity index (χ0v) is 18.1. The number of rotatable bonds is 4. The Balaban J connectivity index is 1.32. The number of piperazine rings is 1. The molecule has 9 nitrogen and oxygen atoms in total. The number of nitrogens with zero attached hydrogens (tertiary/aromatic N) is 5. The molecule has 1 amide bonds. The van der Waals surface area contributed by atoms with Gasteiger partial charge in [-0.05, 0) is 31.3 Å². The lowest BCUT2D eigenvalue weighted by Crippen LogP contribution is -2.46. The van der Waals surface area contributed by atoms with E-state index >= 15 is 0 Å². The minimum atomic E-state index is -0.348. The fourth-order valence-electron chi connectivity index (χ4n) is 4.29. The largest absolute Gasteiger partial charge is 0.491 e. The van der Waals surface area contributed by atoms with Crippen LogP contribution in [0.4, 0.5) is 11.5 Å². The first-order valence-electron chi connectivity index (χ1n) is 10.9. The summed E-state index contributed by atoms with van der Waals surface area (Å²) >= 11 is 0. The van der Waals surface area contributed by atoms with Crippen LogP contribution in [-0.4, -0.2) is 71.7 Å². The molecule has 32 heavy (non-hydrogen) atoms. The maximum absolute atomic E-state index is 12.9. The van der Waals surface area contributed by atoms with Crippen molar-refractivity contribution in [3.63, 3.8) is 0 Å². The summed E-state index contributed by atoms with van der Waals surface area (Å²) in [6.07, 6.45) is 0.691. The lowest BCUT2D eigenvalue weighted by molar-refractivity contribution is 0.0911.